The molecule has 31 heavy (non-hydrogen) atoms. The van der Waals surface area contributed by atoms with Crippen molar-refractivity contribution in [2.45, 2.75) is 20.0 Å². The van der Waals surface area contributed by atoms with Crippen LogP contribution in [0.1, 0.15) is 18.3 Å². The van der Waals surface area contributed by atoms with Gasteiger partial charge in [0.2, 0.25) is 0 Å². The zero-order chi connectivity index (χ0) is 22.7. The molecule has 8 nitrogen and oxygen atoms in total. The Labute approximate surface area is 195 Å². The standard InChI is InChI=1S/C21H19Br2N3O5/c1-11(21(28)30-4)31-19-9-16(23)13(7-18(19)29-3)10-24-26-12(2)25-17-6-5-14(22)8-15(17)20(26)27/h5-11H,1-4H3/t11-/m0/s1. The number of benzene rings is 2. The fraction of sp³-hybridized carbons (Fsp3) is 0.238. The van der Waals surface area contributed by atoms with E-state index in [9.17, 15) is 9.59 Å². The zero-order valence-corrected chi connectivity index (χ0v) is 20.4. The largest absolute Gasteiger partial charge is 0.493 e. The van der Waals surface area contributed by atoms with Gasteiger partial charge in [-0.25, -0.2) is 9.78 Å². The Morgan fingerprint density at radius 3 is 2.61 bits per heavy atom. The number of rotatable bonds is 6. The van der Waals surface area contributed by atoms with E-state index in [-0.39, 0.29) is 5.56 Å². The summed E-state index contributed by atoms with van der Waals surface area (Å²) in [4.78, 5) is 29.0. The first-order valence-corrected chi connectivity index (χ1v) is 10.7. The molecule has 0 saturated heterocycles. The smallest absolute Gasteiger partial charge is 0.346 e. The van der Waals surface area contributed by atoms with E-state index in [0.29, 0.717) is 38.3 Å². The fourth-order valence-electron chi connectivity index (χ4n) is 2.82. The summed E-state index contributed by atoms with van der Waals surface area (Å²) in [5, 5.41) is 4.78. The molecule has 2 aromatic carbocycles. The van der Waals surface area contributed by atoms with Crippen LogP contribution in [0.25, 0.3) is 10.9 Å². The zero-order valence-electron chi connectivity index (χ0n) is 17.2. The molecule has 0 N–H and O–H groups in total. The van der Waals surface area contributed by atoms with Crippen molar-refractivity contribution in [2.24, 2.45) is 5.10 Å². The number of aromatic nitrogens is 2. The molecule has 162 valence electrons. The first-order valence-electron chi connectivity index (χ1n) is 9.10. The lowest BCUT2D eigenvalue weighted by atomic mass is 10.2. The van der Waals surface area contributed by atoms with E-state index in [1.165, 1.54) is 25.1 Å². The highest BCUT2D eigenvalue weighted by Crippen LogP contribution is 2.33. The van der Waals surface area contributed by atoms with Gasteiger partial charge in [0.15, 0.2) is 17.6 Å². The van der Waals surface area contributed by atoms with E-state index in [2.05, 4.69) is 46.7 Å². The maximum Gasteiger partial charge on any atom is 0.346 e. The van der Waals surface area contributed by atoms with Crippen molar-refractivity contribution in [3.05, 3.63) is 61.0 Å². The summed E-state index contributed by atoms with van der Waals surface area (Å²) < 4.78 is 18.3. The van der Waals surface area contributed by atoms with Gasteiger partial charge in [0.25, 0.3) is 5.56 Å². The summed E-state index contributed by atoms with van der Waals surface area (Å²) in [6.07, 6.45) is 0.703. The molecule has 1 aromatic heterocycles. The molecule has 0 bridgehead atoms. The van der Waals surface area contributed by atoms with Gasteiger partial charge in [0.05, 0.1) is 31.3 Å². The van der Waals surface area contributed by atoms with Gasteiger partial charge in [0.1, 0.15) is 5.82 Å². The summed E-state index contributed by atoms with van der Waals surface area (Å²) in [6, 6.07) is 8.65. The second-order valence-corrected chi connectivity index (χ2v) is 8.26. The van der Waals surface area contributed by atoms with Crippen LogP contribution in [0.5, 0.6) is 11.5 Å². The van der Waals surface area contributed by atoms with E-state index in [4.69, 9.17) is 9.47 Å². The Hall–Kier alpha value is -2.72. The number of ether oxygens (including phenoxy) is 3. The molecular weight excluding hydrogens is 534 g/mol. The third kappa shape index (κ3) is 4.96. The summed E-state index contributed by atoms with van der Waals surface area (Å²) in [7, 11) is 2.78. The van der Waals surface area contributed by atoms with Gasteiger partial charge in [-0.2, -0.15) is 9.78 Å². The minimum absolute atomic E-state index is 0.282. The Morgan fingerprint density at radius 2 is 1.94 bits per heavy atom. The fourth-order valence-corrected chi connectivity index (χ4v) is 3.61. The lowest BCUT2D eigenvalue weighted by Crippen LogP contribution is -2.25. The Bertz CT molecular complexity index is 1240. The second-order valence-electron chi connectivity index (χ2n) is 6.49. The van der Waals surface area contributed by atoms with Crippen LogP contribution in [0.4, 0.5) is 0 Å². The maximum absolute atomic E-state index is 12.9. The lowest BCUT2D eigenvalue weighted by Gasteiger charge is -2.16. The molecule has 3 rings (SSSR count). The van der Waals surface area contributed by atoms with Crippen LogP contribution in [0.3, 0.4) is 0 Å². The number of hydrogen-bond donors (Lipinski definition) is 0. The SMILES string of the molecule is COC(=O)[C@H](C)Oc1cc(Br)c(C=Nn2c(C)nc3ccc(Br)cc3c2=O)cc1OC. The number of carbonyl (C=O) groups is 1. The molecule has 0 aliphatic heterocycles. The topological polar surface area (TPSA) is 92.0 Å². The number of fused-ring (bicyclic) bond motifs is 1. The van der Waals surface area contributed by atoms with Crippen molar-refractivity contribution in [2.75, 3.05) is 14.2 Å². The van der Waals surface area contributed by atoms with Gasteiger partial charge in [-0.3, -0.25) is 4.79 Å². The van der Waals surface area contributed by atoms with Crippen LogP contribution in [0.15, 0.2) is 49.2 Å². The third-order valence-corrected chi connectivity index (χ3v) is 5.58. The van der Waals surface area contributed by atoms with E-state index in [1.807, 2.05) is 6.07 Å². The van der Waals surface area contributed by atoms with Crippen LogP contribution in [0, 0.1) is 6.92 Å². The quantitative estimate of drug-likeness (QED) is 0.338. The molecule has 1 atom stereocenters. The van der Waals surface area contributed by atoms with Crippen LogP contribution in [-0.4, -0.2) is 42.2 Å². The molecule has 1 heterocycles. The van der Waals surface area contributed by atoms with E-state index < -0.39 is 12.1 Å². The van der Waals surface area contributed by atoms with Crippen LogP contribution < -0.4 is 15.0 Å². The molecule has 0 aliphatic rings. The number of esters is 1. The van der Waals surface area contributed by atoms with Gasteiger partial charge in [0, 0.05) is 14.5 Å². The molecule has 0 radical (unpaired) electrons. The van der Waals surface area contributed by atoms with E-state index in [0.717, 1.165) is 4.47 Å². The number of aryl methyl sites for hydroxylation is 1. The highest BCUT2D eigenvalue weighted by Gasteiger charge is 2.18. The molecular formula is C21H19Br2N3O5. The van der Waals surface area contributed by atoms with Crippen molar-refractivity contribution in [1.29, 1.82) is 0 Å². The van der Waals surface area contributed by atoms with Gasteiger partial charge in [-0.05, 0) is 60.1 Å². The monoisotopic (exact) mass is 551 g/mol. The Balaban J connectivity index is 1.99. The summed E-state index contributed by atoms with van der Waals surface area (Å²) in [5.41, 5.74) is 0.951. The van der Waals surface area contributed by atoms with Crippen molar-refractivity contribution in [3.63, 3.8) is 0 Å². The molecule has 0 unspecified atom stereocenters. The summed E-state index contributed by atoms with van der Waals surface area (Å²) >= 11 is 6.83. The van der Waals surface area contributed by atoms with Crippen LogP contribution in [0.2, 0.25) is 0 Å². The predicted molar refractivity (Wildman–Crippen MR) is 124 cm³/mol. The first kappa shape index (κ1) is 23.0. The Morgan fingerprint density at radius 1 is 1.19 bits per heavy atom. The highest BCUT2D eigenvalue weighted by atomic mass is 79.9. The molecule has 0 fully saturated rings. The second kappa shape index (κ2) is 9.61. The van der Waals surface area contributed by atoms with E-state index >= 15 is 0 Å². The number of halogens is 2. The maximum atomic E-state index is 12.9. The van der Waals surface area contributed by atoms with Gasteiger partial charge < -0.3 is 14.2 Å². The van der Waals surface area contributed by atoms with Gasteiger partial charge in [-0.1, -0.05) is 15.9 Å². The van der Waals surface area contributed by atoms with Crippen molar-refractivity contribution in [1.82, 2.24) is 9.66 Å². The summed E-state index contributed by atoms with van der Waals surface area (Å²) in [5.74, 6) is 0.695. The van der Waals surface area contributed by atoms with Gasteiger partial charge >= 0.3 is 5.97 Å². The molecule has 0 amide bonds. The number of carbonyl (C=O) groups excluding carboxylic acids is 1. The van der Waals surface area contributed by atoms with Crippen LogP contribution in [-0.2, 0) is 9.53 Å². The van der Waals surface area contributed by atoms with E-state index in [1.54, 1.807) is 38.1 Å². The average molecular weight is 553 g/mol. The van der Waals surface area contributed by atoms with Crippen molar-refractivity contribution < 1.29 is 19.0 Å². The van der Waals surface area contributed by atoms with Crippen molar-refractivity contribution in [3.8, 4) is 11.5 Å². The average Bonchev–Trinajstić information content (AvgIpc) is 2.74. The molecule has 0 aliphatic carbocycles. The Kier molecular flexibility index (Phi) is 7.11. The van der Waals surface area contributed by atoms with Crippen molar-refractivity contribution >= 4 is 54.9 Å². The molecule has 3 aromatic rings. The number of hydrogen-bond acceptors (Lipinski definition) is 7. The first-order chi connectivity index (χ1) is 14.7. The predicted octanol–water partition coefficient (Wildman–Crippen LogP) is 4.06. The van der Waals surface area contributed by atoms with Gasteiger partial charge in [-0.15, -0.1) is 0 Å². The minimum atomic E-state index is -0.811. The molecule has 0 spiro atoms. The summed E-state index contributed by atoms with van der Waals surface area (Å²) in [6.45, 7) is 3.29. The number of methoxy groups -OCH3 is 2. The van der Waals surface area contributed by atoms with Crippen LogP contribution >= 0.6 is 31.9 Å². The lowest BCUT2D eigenvalue weighted by molar-refractivity contribution is -0.147. The minimum Gasteiger partial charge on any atom is -0.493 e. The highest BCUT2D eigenvalue weighted by molar-refractivity contribution is 9.10. The molecule has 10 heteroatoms. The molecule has 0 saturated carbocycles. The number of nitrogens with zero attached hydrogens (tertiary/aromatic N) is 3. The third-order valence-electron chi connectivity index (χ3n) is 4.40. The normalized spacial score (nSPS) is 12.2.